The lowest BCUT2D eigenvalue weighted by Crippen LogP contribution is -2.18. The zero-order valence-electron chi connectivity index (χ0n) is 18.1. The number of carbonyl (C=O) groups is 1. The van der Waals surface area contributed by atoms with Crippen molar-refractivity contribution in [2.24, 2.45) is 0 Å². The Hall–Kier alpha value is -3.27. The monoisotopic (exact) mass is 404 g/mol. The van der Waals surface area contributed by atoms with E-state index in [1.807, 2.05) is 32.0 Å². The van der Waals surface area contributed by atoms with Crippen LogP contribution in [0.4, 0.5) is 0 Å². The second kappa shape index (κ2) is 9.04. The number of carbonyl (C=O) groups excluding carboxylic acids is 1. The average Bonchev–Trinajstić information content (AvgIpc) is 2.75. The first-order valence-corrected chi connectivity index (χ1v) is 10.0. The molecule has 0 saturated carbocycles. The van der Waals surface area contributed by atoms with Crippen molar-refractivity contribution in [3.05, 3.63) is 83.4 Å². The van der Waals surface area contributed by atoms with Crippen LogP contribution < -0.4 is 14.2 Å². The van der Waals surface area contributed by atoms with Crippen molar-refractivity contribution in [1.29, 1.82) is 0 Å². The molecule has 30 heavy (non-hydrogen) atoms. The summed E-state index contributed by atoms with van der Waals surface area (Å²) in [6.45, 7) is 8.25. The van der Waals surface area contributed by atoms with Crippen molar-refractivity contribution >= 4 is 6.29 Å². The molecule has 0 bridgehead atoms. The van der Waals surface area contributed by atoms with E-state index >= 15 is 0 Å². The second-order valence-corrected chi connectivity index (χ2v) is 7.95. The van der Waals surface area contributed by atoms with Gasteiger partial charge in [-0.1, -0.05) is 56.3 Å². The third-order valence-corrected chi connectivity index (χ3v) is 5.05. The van der Waals surface area contributed by atoms with Gasteiger partial charge in [0.1, 0.15) is 12.0 Å². The summed E-state index contributed by atoms with van der Waals surface area (Å²) in [6, 6.07) is 21.7. The smallest absolute Gasteiger partial charge is 0.204 e. The van der Waals surface area contributed by atoms with Gasteiger partial charge in [-0.2, -0.15) is 0 Å². The van der Waals surface area contributed by atoms with Crippen LogP contribution in [0, 0.1) is 0 Å². The first kappa shape index (κ1) is 21.4. The molecule has 0 aliphatic carbocycles. The maximum absolute atomic E-state index is 11.4. The Morgan fingerprint density at radius 2 is 1.47 bits per heavy atom. The van der Waals surface area contributed by atoms with Crippen molar-refractivity contribution in [3.8, 4) is 23.0 Å². The van der Waals surface area contributed by atoms with Gasteiger partial charge in [-0.3, -0.25) is 4.79 Å². The minimum atomic E-state index is -0.133. The fourth-order valence-corrected chi connectivity index (χ4v) is 3.33. The Kier molecular flexibility index (Phi) is 6.46. The zero-order chi connectivity index (χ0) is 21.7. The Labute approximate surface area is 178 Å². The number of benzene rings is 3. The molecule has 0 aromatic heterocycles. The summed E-state index contributed by atoms with van der Waals surface area (Å²) < 4.78 is 17.4. The Morgan fingerprint density at radius 1 is 0.867 bits per heavy atom. The molecule has 156 valence electrons. The molecule has 0 radical (unpaired) electrons. The highest BCUT2D eigenvalue weighted by Crippen LogP contribution is 2.42. The first-order valence-electron chi connectivity index (χ1n) is 10.0. The SMILES string of the molecule is COc1cc(C=O)cc(Oc2ccc(C(C)(C)c3ccccc3)cc2)c1OC(C)C. The molecule has 0 amide bonds. The third-order valence-electron chi connectivity index (χ3n) is 5.05. The van der Waals surface area contributed by atoms with Crippen molar-refractivity contribution < 1.29 is 19.0 Å². The van der Waals surface area contributed by atoms with E-state index in [1.165, 1.54) is 11.1 Å². The number of ether oxygens (including phenoxy) is 3. The molecule has 0 saturated heterocycles. The van der Waals surface area contributed by atoms with Crippen molar-refractivity contribution in [3.63, 3.8) is 0 Å². The molecule has 0 heterocycles. The van der Waals surface area contributed by atoms with Crippen LogP contribution in [0.25, 0.3) is 0 Å². The number of hydrogen-bond acceptors (Lipinski definition) is 4. The van der Waals surface area contributed by atoms with Gasteiger partial charge < -0.3 is 14.2 Å². The van der Waals surface area contributed by atoms with E-state index in [4.69, 9.17) is 14.2 Å². The van der Waals surface area contributed by atoms with Gasteiger partial charge in [0, 0.05) is 11.0 Å². The fraction of sp³-hybridized carbons (Fsp3) is 0.269. The van der Waals surface area contributed by atoms with E-state index < -0.39 is 0 Å². The summed E-state index contributed by atoms with van der Waals surface area (Å²) in [5.41, 5.74) is 2.75. The van der Waals surface area contributed by atoms with Gasteiger partial charge in [-0.25, -0.2) is 0 Å². The lowest BCUT2D eigenvalue weighted by Gasteiger charge is -2.26. The quantitative estimate of drug-likeness (QED) is 0.407. The van der Waals surface area contributed by atoms with Gasteiger partial charge in [0.2, 0.25) is 5.75 Å². The van der Waals surface area contributed by atoms with Crippen LogP contribution in [0.5, 0.6) is 23.0 Å². The minimum Gasteiger partial charge on any atom is -0.493 e. The molecule has 0 atom stereocenters. The summed E-state index contributed by atoms with van der Waals surface area (Å²) in [5.74, 6) is 2.04. The molecule has 3 rings (SSSR count). The molecular weight excluding hydrogens is 376 g/mol. The Morgan fingerprint density at radius 3 is 2.03 bits per heavy atom. The number of hydrogen-bond donors (Lipinski definition) is 0. The topological polar surface area (TPSA) is 44.8 Å². The van der Waals surface area contributed by atoms with Crippen molar-refractivity contribution in [1.82, 2.24) is 0 Å². The average molecular weight is 405 g/mol. The van der Waals surface area contributed by atoms with Gasteiger partial charge in [-0.05, 0) is 49.2 Å². The van der Waals surface area contributed by atoms with E-state index in [9.17, 15) is 4.79 Å². The molecule has 3 aromatic carbocycles. The normalized spacial score (nSPS) is 11.3. The first-order chi connectivity index (χ1) is 14.3. The van der Waals surface area contributed by atoms with E-state index in [1.54, 1.807) is 19.2 Å². The molecule has 0 spiro atoms. The number of rotatable bonds is 8. The van der Waals surface area contributed by atoms with Crippen LogP contribution in [-0.2, 0) is 5.41 Å². The van der Waals surface area contributed by atoms with Crippen LogP contribution in [0.3, 0.4) is 0 Å². The maximum Gasteiger partial charge on any atom is 0.204 e. The van der Waals surface area contributed by atoms with Crippen LogP contribution in [0.2, 0.25) is 0 Å². The molecule has 0 N–H and O–H groups in total. The molecule has 0 fully saturated rings. The largest absolute Gasteiger partial charge is 0.493 e. The fourth-order valence-electron chi connectivity index (χ4n) is 3.33. The lowest BCUT2D eigenvalue weighted by atomic mass is 9.78. The molecule has 4 heteroatoms. The highest BCUT2D eigenvalue weighted by Gasteiger charge is 2.23. The highest BCUT2D eigenvalue weighted by molar-refractivity contribution is 5.78. The number of methoxy groups -OCH3 is 1. The van der Waals surface area contributed by atoms with Gasteiger partial charge in [0.25, 0.3) is 0 Å². The van der Waals surface area contributed by atoms with Gasteiger partial charge in [-0.15, -0.1) is 0 Å². The summed E-state index contributed by atoms with van der Waals surface area (Å²) in [7, 11) is 1.54. The second-order valence-electron chi connectivity index (χ2n) is 7.95. The summed E-state index contributed by atoms with van der Waals surface area (Å²) in [4.78, 5) is 11.4. The lowest BCUT2D eigenvalue weighted by molar-refractivity contribution is 0.112. The van der Waals surface area contributed by atoms with Crippen LogP contribution in [-0.4, -0.2) is 19.5 Å². The van der Waals surface area contributed by atoms with Gasteiger partial charge in [0.05, 0.1) is 13.2 Å². The van der Waals surface area contributed by atoms with Crippen molar-refractivity contribution in [2.75, 3.05) is 7.11 Å². The van der Waals surface area contributed by atoms with E-state index in [-0.39, 0.29) is 11.5 Å². The third kappa shape index (κ3) is 4.65. The highest BCUT2D eigenvalue weighted by atomic mass is 16.5. The molecule has 4 nitrogen and oxygen atoms in total. The summed E-state index contributed by atoms with van der Waals surface area (Å²) in [6.07, 6.45) is 0.692. The standard InChI is InChI=1S/C26H28O4/c1-18(2)29-25-23(28-5)15-19(17-27)16-24(25)30-22-13-11-21(12-14-22)26(3,4)20-9-7-6-8-10-20/h6-18H,1-5H3. The van der Waals surface area contributed by atoms with Crippen molar-refractivity contribution in [2.45, 2.75) is 39.2 Å². The predicted octanol–water partition coefficient (Wildman–Crippen LogP) is 6.41. The zero-order valence-corrected chi connectivity index (χ0v) is 18.1. The Bertz CT molecular complexity index is 990. The van der Waals surface area contributed by atoms with Gasteiger partial charge in [0.15, 0.2) is 11.5 Å². The van der Waals surface area contributed by atoms with E-state index in [2.05, 4.69) is 50.2 Å². The molecule has 0 aliphatic heterocycles. The molecule has 0 unspecified atom stereocenters. The van der Waals surface area contributed by atoms with E-state index in [0.717, 1.165) is 6.29 Å². The van der Waals surface area contributed by atoms with Crippen LogP contribution in [0.1, 0.15) is 49.2 Å². The molecule has 3 aromatic rings. The van der Waals surface area contributed by atoms with Gasteiger partial charge >= 0.3 is 0 Å². The minimum absolute atomic E-state index is 0.0719. The Balaban J connectivity index is 1.92. The van der Waals surface area contributed by atoms with E-state index in [0.29, 0.717) is 28.6 Å². The molecule has 0 aliphatic rings. The molecular formula is C26H28O4. The maximum atomic E-state index is 11.4. The summed E-state index contributed by atoms with van der Waals surface area (Å²) >= 11 is 0. The number of aldehydes is 1. The predicted molar refractivity (Wildman–Crippen MR) is 119 cm³/mol. The summed E-state index contributed by atoms with van der Waals surface area (Å²) in [5, 5.41) is 0. The van der Waals surface area contributed by atoms with Crippen LogP contribution >= 0.6 is 0 Å². The van der Waals surface area contributed by atoms with Crippen LogP contribution in [0.15, 0.2) is 66.7 Å².